The summed E-state index contributed by atoms with van der Waals surface area (Å²) in [5.74, 6) is 0.586. The quantitative estimate of drug-likeness (QED) is 0.761. The van der Waals surface area contributed by atoms with Gasteiger partial charge in [0.05, 0.1) is 0 Å². The summed E-state index contributed by atoms with van der Waals surface area (Å²) in [6.45, 7) is 6.25. The third-order valence-electron chi connectivity index (χ3n) is 2.04. The number of rotatable bonds is 3. The molecular weight excluding hydrogens is 220 g/mol. The minimum Gasteiger partial charge on any atom is -0.411 e. The van der Waals surface area contributed by atoms with Gasteiger partial charge in [-0.25, -0.2) is 0 Å². The number of hydrogen-bond donors (Lipinski definition) is 0. The van der Waals surface area contributed by atoms with Crippen LogP contribution in [0.4, 0.5) is 0 Å². The van der Waals surface area contributed by atoms with E-state index in [1.54, 1.807) is 11.8 Å². The van der Waals surface area contributed by atoms with Gasteiger partial charge in [-0.15, -0.1) is 10.2 Å². The van der Waals surface area contributed by atoms with Crippen molar-refractivity contribution < 1.29 is 4.42 Å². The summed E-state index contributed by atoms with van der Waals surface area (Å²) >= 11 is 1.58. The molecule has 0 N–H and O–H groups in total. The standard InChI is InChI=1S/C12H14N2OS/c1-8(2)16-12-14-13-11(15-12)10-6-4-9(3)5-7-10/h4-8H,1-3H3. The molecule has 0 unspecified atom stereocenters. The van der Waals surface area contributed by atoms with Gasteiger partial charge in [0.25, 0.3) is 5.22 Å². The largest absolute Gasteiger partial charge is 0.411 e. The van der Waals surface area contributed by atoms with Gasteiger partial charge in [0.1, 0.15) is 0 Å². The zero-order valence-corrected chi connectivity index (χ0v) is 10.4. The first-order chi connectivity index (χ1) is 7.65. The summed E-state index contributed by atoms with van der Waals surface area (Å²) in [4.78, 5) is 0. The molecule has 2 aromatic rings. The van der Waals surface area contributed by atoms with E-state index in [1.165, 1.54) is 5.56 Å². The van der Waals surface area contributed by atoms with Crippen LogP contribution in [0.3, 0.4) is 0 Å². The van der Waals surface area contributed by atoms with Crippen LogP contribution in [0.1, 0.15) is 19.4 Å². The molecule has 0 fully saturated rings. The molecule has 0 bridgehead atoms. The van der Waals surface area contributed by atoms with Gasteiger partial charge >= 0.3 is 0 Å². The Bertz CT molecular complexity index is 462. The van der Waals surface area contributed by atoms with Crippen LogP contribution in [0, 0.1) is 6.92 Å². The summed E-state index contributed by atoms with van der Waals surface area (Å²) in [5, 5.41) is 9.11. The highest BCUT2D eigenvalue weighted by molar-refractivity contribution is 7.99. The minimum atomic E-state index is 0.450. The maximum Gasteiger partial charge on any atom is 0.277 e. The van der Waals surface area contributed by atoms with Crippen LogP contribution >= 0.6 is 11.8 Å². The number of hydrogen-bond acceptors (Lipinski definition) is 4. The molecule has 1 heterocycles. The fourth-order valence-electron chi connectivity index (χ4n) is 1.27. The smallest absolute Gasteiger partial charge is 0.277 e. The van der Waals surface area contributed by atoms with E-state index < -0.39 is 0 Å². The Kier molecular flexibility index (Phi) is 3.29. The Morgan fingerprint density at radius 3 is 2.44 bits per heavy atom. The molecule has 1 aromatic heterocycles. The lowest BCUT2D eigenvalue weighted by atomic mass is 10.1. The van der Waals surface area contributed by atoms with Gasteiger partial charge in [-0.1, -0.05) is 43.3 Å². The number of nitrogens with zero attached hydrogens (tertiary/aromatic N) is 2. The van der Waals surface area contributed by atoms with Gasteiger partial charge in [-0.05, 0) is 19.1 Å². The van der Waals surface area contributed by atoms with Crippen LogP contribution in [-0.4, -0.2) is 15.4 Å². The first-order valence-corrected chi connectivity index (χ1v) is 6.10. The van der Waals surface area contributed by atoms with Crippen molar-refractivity contribution in [3.63, 3.8) is 0 Å². The number of benzene rings is 1. The molecule has 0 radical (unpaired) electrons. The van der Waals surface area contributed by atoms with Crippen molar-refractivity contribution in [1.29, 1.82) is 0 Å². The lowest BCUT2D eigenvalue weighted by Gasteiger charge is -1.97. The zero-order chi connectivity index (χ0) is 11.5. The predicted molar refractivity (Wildman–Crippen MR) is 65.5 cm³/mol. The fourth-order valence-corrected chi connectivity index (χ4v) is 1.89. The van der Waals surface area contributed by atoms with Crippen molar-refractivity contribution in [2.75, 3.05) is 0 Å². The normalized spacial score (nSPS) is 11.0. The Morgan fingerprint density at radius 1 is 1.12 bits per heavy atom. The van der Waals surface area contributed by atoms with Gasteiger partial charge in [0.15, 0.2) is 0 Å². The van der Waals surface area contributed by atoms with E-state index in [-0.39, 0.29) is 0 Å². The second-order valence-corrected chi connectivity index (χ2v) is 5.43. The monoisotopic (exact) mass is 234 g/mol. The molecule has 2 rings (SSSR count). The SMILES string of the molecule is Cc1ccc(-c2nnc(SC(C)C)o2)cc1. The fraction of sp³-hybridized carbons (Fsp3) is 0.333. The maximum atomic E-state index is 5.56. The molecule has 3 nitrogen and oxygen atoms in total. The van der Waals surface area contributed by atoms with Crippen molar-refractivity contribution in [1.82, 2.24) is 10.2 Å². The molecule has 84 valence electrons. The molecule has 0 saturated carbocycles. The second-order valence-electron chi connectivity index (χ2n) is 3.91. The summed E-state index contributed by atoms with van der Waals surface area (Å²) < 4.78 is 5.56. The predicted octanol–water partition coefficient (Wildman–Crippen LogP) is 3.55. The Labute approximate surface area is 99.3 Å². The molecule has 1 aromatic carbocycles. The average Bonchev–Trinajstić information content (AvgIpc) is 2.66. The Balaban J connectivity index is 2.21. The van der Waals surface area contributed by atoms with Crippen molar-refractivity contribution in [3.8, 4) is 11.5 Å². The van der Waals surface area contributed by atoms with Gasteiger partial charge < -0.3 is 4.42 Å². The van der Waals surface area contributed by atoms with E-state index >= 15 is 0 Å². The van der Waals surface area contributed by atoms with Crippen molar-refractivity contribution in [3.05, 3.63) is 29.8 Å². The molecule has 0 aliphatic carbocycles. The lowest BCUT2D eigenvalue weighted by molar-refractivity contribution is 0.465. The number of aryl methyl sites for hydroxylation is 1. The summed E-state index contributed by atoms with van der Waals surface area (Å²) in [6, 6.07) is 8.06. The maximum absolute atomic E-state index is 5.56. The van der Waals surface area contributed by atoms with Crippen LogP contribution < -0.4 is 0 Å². The number of aromatic nitrogens is 2. The second kappa shape index (κ2) is 4.70. The average molecular weight is 234 g/mol. The Morgan fingerprint density at radius 2 is 1.81 bits per heavy atom. The van der Waals surface area contributed by atoms with Crippen LogP contribution in [0.5, 0.6) is 0 Å². The lowest BCUT2D eigenvalue weighted by Crippen LogP contribution is -1.84. The van der Waals surface area contributed by atoms with E-state index in [4.69, 9.17) is 4.42 Å². The highest BCUT2D eigenvalue weighted by atomic mass is 32.2. The first kappa shape index (κ1) is 11.2. The van der Waals surface area contributed by atoms with Gasteiger partial charge in [-0.3, -0.25) is 0 Å². The van der Waals surface area contributed by atoms with Crippen LogP contribution in [0.15, 0.2) is 33.9 Å². The highest BCUT2D eigenvalue weighted by Gasteiger charge is 2.09. The van der Waals surface area contributed by atoms with Crippen LogP contribution in [0.2, 0.25) is 0 Å². The van der Waals surface area contributed by atoms with Gasteiger partial charge in [0.2, 0.25) is 5.89 Å². The topological polar surface area (TPSA) is 38.9 Å². The molecule has 0 spiro atoms. The molecule has 0 aliphatic heterocycles. The molecular formula is C12H14N2OS. The van der Waals surface area contributed by atoms with E-state index in [1.807, 2.05) is 24.3 Å². The van der Waals surface area contributed by atoms with Crippen molar-refractivity contribution >= 4 is 11.8 Å². The molecule has 16 heavy (non-hydrogen) atoms. The van der Waals surface area contributed by atoms with E-state index in [0.717, 1.165) is 5.56 Å². The summed E-state index contributed by atoms with van der Waals surface area (Å²) in [6.07, 6.45) is 0. The van der Waals surface area contributed by atoms with Crippen LogP contribution in [0.25, 0.3) is 11.5 Å². The van der Waals surface area contributed by atoms with Crippen molar-refractivity contribution in [2.45, 2.75) is 31.2 Å². The van der Waals surface area contributed by atoms with E-state index in [9.17, 15) is 0 Å². The summed E-state index contributed by atoms with van der Waals surface area (Å²) in [5.41, 5.74) is 2.19. The van der Waals surface area contributed by atoms with Crippen LogP contribution in [-0.2, 0) is 0 Å². The highest BCUT2D eigenvalue weighted by Crippen LogP contribution is 2.25. The molecule has 0 aliphatic rings. The molecule has 0 amide bonds. The third kappa shape index (κ3) is 2.64. The first-order valence-electron chi connectivity index (χ1n) is 5.22. The summed E-state index contributed by atoms with van der Waals surface area (Å²) in [7, 11) is 0. The minimum absolute atomic E-state index is 0.450. The van der Waals surface area contributed by atoms with Gasteiger partial charge in [-0.2, -0.15) is 0 Å². The van der Waals surface area contributed by atoms with E-state index in [0.29, 0.717) is 16.4 Å². The Hall–Kier alpha value is -1.29. The van der Waals surface area contributed by atoms with Crippen molar-refractivity contribution in [2.24, 2.45) is 0 Å². The molecule has 4 heteroatoms. The number of thioether (sulfide) groups is 1. The zero-order valence-electron chi connectivity index (χ0n) is 9.60. The van der Waals surface area contributed by atoms with Gasteiger partial charge in [0, 0.05) is 10.8 Å². The molecule has 0 saturated heterocycles. The third-order valence-corrected chi connectivity index (χ3v) is 2.88. The van der Waals surface area contributed by atoms with E-state index in [2.05, 4.69) is 31.0 Å². The molecule has 0 atom stereocenters.